The minimum absolute atomic E-state index is 0.00778. The fourth-order valence-electron chi connectivity index (χ4n) is 2.83. The molecule has 1 fully saturated rings. The van der Waals surface area contributed by atoms with E-state index in [1.807, 2.05) is 31.2 Å². The van der Waals surface area contributed by atoms with Gasteiger partial charge in [0.15, 0.2) is 0 Å². The van der Waals surface area contributed by atoms with E-state index in [-0.39, 0.29) is 23.5 Å². The molecule has 0 saturated carbocycles. The normalized spacial score (nSPS) is 15.1. The number of rotatable bonds is 5. The number of amides is 1. The molecule has 0 unspecified atom stereocenters. The lowest BCUT2D eigenvalue weighted by atomic mass is 9.97. The third kappa shape index (κ3) is 4.43. The van der Waals surface area contributed by atoms with Crippen molar-refractivity contribution in [2.75, 3.05) is 26.0 Å². The van der Waals surface area contributed by atoms with Gasteiger partial charge >= 0.3 is 5.97 Å². The van der Waals surface area contributed by atoms with Crippen LogP contribution in [-0.4, -0.2) is 52.9 Å². The number of hydrogen-bond donors (Lipinski definition) is 0. The van der Waals surface area contributed by atoms with Gasteiger partial charge in [0, 0.05) is 18.7 Å². The van der Waals surface area contributed by atoms with Crippen molar-refractivity contribution < 1.29 is 18.7 Å². The van der Waals surface area contributed by atoms with Crippen LogP contribution in [0.4, 0.5) is 0 Å². The SMILES string of the molecule is COC(=O)C1CCN(C(=O)CSc2nnc(-c3ccc(C)cc3)o2)CC1. The van der Waals surface area contributed by atoms with Crippen LogP contribution in [0.3, 0.4) is 0 Å². The molecular formula is C18H21N3O4S. The van der Waals surface area contributed by atoms with Crippen molar-refractivity contribution in [3.63, 3.8) is 0 Å². The van der Waals surface area contributed by atoms with Crippen LogP contribution in [0.5, 0.6) is 0 Å². The Labute approximate surface area is 156 Å². The van der Waals surface area contributed by atoms with Gasteiger partial charge in [0.05, 0.1) is 18.8 Å². The zero-order valence-electron chi connectivity index (χ0n) is 14.8. The van der Waals surface area contributed by atoms with E-state index in [1.54, 1.807) is 4.90 Å². The lowest BCUT2D eigenvalue weighted by molar-refractivity contribution is -0.148. The van der Waals surface area contributed by atoms with Crippen molar-refractivity contribution in [3.8, 4) is 11.5 Å². The van der Waals surface area contributed by atoms with Gasteiger partial charge in [-0.15, -0.1) is 10.2 Å². The number of carbonyl (C=O) groups is 2. The van der Waals surface area contributed by atoms with E-state index in [0.717, 1.165) is 11.1 Å². The van der Waals surface area contributed by atoms with Crippen LogP contribution in [0.25, 0.3) is 11.5 Å². The topological polar surface area (TPSA) is 85.5 Å². The van der Waals surface area contributed by atoms with Gasteiger partial charge in [0.1, 0.15) is 0 Å². The second-order valence-corrected chi connectivity index (χ2v) is 7.13. The second-order valence-electron chi connectivity index (χ2n) is 6.21. The monoisotopic (exact) mass is 375 g/mol. The Morgan fingerprint density at radius 3 is 2.58 bits per heavy atom. The van der Waals surface area contributed by atoms with Gasteiger partial charge in [-0.1, -0.05) is 29.5 Å². The van der Waals surface area contributed by atoms with Gasteiger partial charge in [0.2, 0.25) is 11.8 Å². The Hall–Kier alpha value is -2.35. The zero-order chi connectivity index (χ0) is 18.5. The summed E-state index contributed by atoms with van der Waals surface area (Å²) in [5.41, 5.74) is 2.01. The van der Waals surface area contributed by atoms with E-state index < -0.39 is 0 Å². The molecule has 1 aromatic heterocycles. The molecule has 1 aliphatic heterocycles. The molecule has 26 heavy (non-hydrogen) atoms. The van der Waals surface area contributed by atoms with Gasteiger partial charge in [-0.2, -0.15) is 0 Å². The van der Waals surface area contributed by atoms with Crippen molar-refractivity contribution >= 4 is 23.6 Å². The molecule has 0 aliphatic carbocycles. The minimum atomic E-state index is -0.194. The summed E-state index contributed by atoms with van der Waals surface area (Å²) in [5.74, 6) is 0.385. The molecule has 138 valence electrons. The third-order valence-electron chi connectivity index (χ3n) is 4.41. The predicted molar refractivity (Wildman–Crippen MR) is 96.5 cm³/mol. The smallest absolute Gasteiger partial charge is 0.308 e. The number of likely N-dealkylation sites (tertiary alicyclic amines) is 1. The number of carbonyl (C=O) groups excluding carboxylic acids is 2. The van der Waals surface area contributed by atoms with E-state index in [1.165, 1.54) is 18.9 Å². The summed E-state index contributed by atoms with van der Waals surface area (Å²) in [4.78, 5) is 25.6. The Morgan fingerprint density at radius 2 is 1.92 bits per heavy atom. The number of hydrogen-bond acceptors (Lipinski definition) is 7. The Morgan fingerprint density at radius 1 is 1.23 bits per heavy atom. The average molecular weight is 375 g/mol. The maximum absolute atomic E-state index is 12.3. The molecule has 0 N–H and O–H groups in total. The number of piperidine rings is 1. The largest absolute Gasteiger partial charge is 0.469 e. The molecule has 0 atom stereocenters. The van der Waals surface area contributed by atoms with E-state index in [2.05, 4.69) is 10.2 Å². The number of thioether (sulfide) groups is 1. The van der Waals surface area contributed by atoms with Gasteiger partial charge in [-0.05, 0) is 31.9 Å². The fourth-order valence-corrected chi connectivity index (χ4v) is 3.49. The molecule has 2 heterocycles. The van der Waals surface area contributed by atoms with Crippen LogP contribution in [-0.2, 0) is 14.3 Å². The first kappa shape index (κ1) is 18.4. The molecule has 8 heteroatoms. The van der Waals surface area contributed by atoms with Crippen molar-refractivity contribution in [1.29, 1.82) is 0 Å². The molecule has 1 aromatic carbocycles. The second kappa shape index (κ2) is 8.35. The standard InChI is InChI=1S/C18H21N3O4S/c1-12-3-5-13(6-4-12)16-19-20-18(25-16)26-11-15(22)21-9-7-14(8-10-21)17(23)24-2/h3-6,14H,7-11H2,1-2H3. The summed E-state index contributed by atoms with van der Waals surface area (Å²) in [7, 11) is 1.39. The Balaban J connectivity index is 1.49. The highest BCUT2D eigenvalue weighted by Crippen LogP contribution is 2.24. The molecule has 7 nitrogen and oxygen atoms in total. The van der Waals surface area contributed by atoms with E-state index >= 15 is 0 Å². The number of benzene rings is 1. The van der Waals surface area contributed by atoms with Crippen molar-refractivity contribution in [2.24, 2.45) is 5.92 Å². The average Bonchev–Trinajstić information content (AvgIpc) is 3.15. The van der Waals surface area contributed by atoms with Gasteiger partial charge in [0.25, 0.3) is 5.22 Å². The molecular weight excluding hydrogens is 354 g/mol. The summed E-state index contributed by atoms with van der Waals surface area (Å²) >= 11 is 1.23. The zero-order valence-corrected chi connectivity index (χ0v) is 15.6. The van der Waals surface area contributed by atoms with Gasteiger partial charge in [-0.25, -0.2) is 0 Å². The number of aromatic nitrogens is 2. The number of nitrogens with zero attached hydrogens (tertiary/aromatic N) is 3. The van der Waals surface area contributed by atoms with Crippen molar-refractivity contribution in [3.05, 3.63) is 29.8 Å². The number of aryl methyl sites for hydroxylation is 1. The lowest BCUT2D eigenvalue weighted by Crippen LogP contribution is -2.41. The maximum Gasteiger partial charge on any atom is 0.308 e. The highest BCUT2D eigenvalue weighted by Gasteiger charge is 2.28. The highest BCUT2D eigenvalue weighted by molar-refractivity contribution is 7.99. The summed E-state index contributed by atoms with van der Waals surface area (Å²) < 4.78 is 10.4. The molecule has 2 aromatic rings. The fraction of sp³-hybridized carbons (Fsp3) is 0.444. The van der Waals surface area contributed by atoms with Crippen LogP contribution < -0.4 is 0 Å². The highest BCUT2D eigenvalue weighted by atomic mass is 32.2. The van der Waals surface area contributed by atoms with E-state index in [0.29, 0.717) is 37.0 Å². The molecule has 0 bridgehead atoms. The summed E-state index contributed by atoms with van der Waals surface area (Å²) in [5, 5.41) is 8.40. The molecule has 1 saturated heterocycles. The number of methoxy groups -OCH3 is 1. The van der Waals surface area contributed by atoms with Crippen LogP contribution in [0.1, 0.15) is 18.4 Å². The molecule has 1 aliphatic rings. The predicted octanol–water partition coefficient (Wildman–Crippen LogP) is 2.55. The van der Waals surface area contributed by atoms with Crippen LogP contribution >= 0.6 is 11.8 Å². The Bertz CT molecular complexity index is 767. The van der Waals surface area contributed by atoms with Crippen LogP contribution in [0, 0.1) is 12.8 Å². The lowest BCUT2D eigenvalue weighted by Gasteiger charge is -2.30. The first-order valence-electron chi connectivity index (χ1n) is 8.46. The molecule has 0 radical (unpaired) electrons. The van der Waals surface area contributed by atoms with Crippen LogP contribution in [0.15, 0.2) is 33.9 Å². The summed E-state index contributed by atoms with van der Waals surface area (Å²) in [6.07, 6.45) is 1.28. The first-order chi connectivity index (χ1) is 12.6. The third-order valence-corrected chi connectivity index (χ3v) is 5.21. The van der Waals surface area contributed by atoms with Crippen molar-refractivity contribution in [2.45, 2.75) is 25.0 Å². The first-order valence-corrected chi connectivity index (χ1v) is 9.44. The minimum Gasteiger partial charge on any atom is -0.469 e. The molecule has 1 amide bonds. The summed E-state index contributed by atoms with van der Waals surface area (Å²) in [6.45, 7) is 3.15. The molecule has 3 rings (SSSR count). The molecule has 0 spiro atoms. The van der Waals surface area contributed by atoms with Crippen molar-refractivity contribution in [1.82, 2.24) is 15.1 Å². The van der Waals surface area contributed by atoms with E-state index in [9.17, 15) is 9.59 Å². The van der Waals surface area contributed by atoms with Gasteiger partial charge < -0.3 is 14.1 Å². The number of ether oxygens (including phenoxy) is 1. The summed E-state index contributed by atoms with van der Waals surface area (Å²) in [6, 6.07) is 7.81. The van der Waals surface area contributed by atoms with Gasteiger partial charge in [-0.3, -0.25) is 9.59 Å². The van der Waals surface area contributed by atoms with E-state index in [4.69, 9.17) is 9.15 Å². The van der Waals surface area contributed by atoms with Crippen LogP contribution in [0.2, 0.25) is 0 Å². The number of esters is 1. The maximum atomic E-state index is 12.3. The quantitative estimate of drug-likeness (QED) is 0.586. The Kier molecular flexibility index (Phi) is 5.92.